The number of carbonyl (C=O) groups is 3. The van der Waals surface area contributed by atoms with Crippen molar-refractivity contribution < 1.29 is 29.0 Å². The topological polar surface area (TPSA) is 96.4 Å². The van der Waals surface area contributed by atoms with Gasteiger partial charge in [-0.25, -0.2) is 0 Å². The van der Waals surface area contributed by atoms with Crippen LogP contribution in [-0.4, -0.2) is 71.3 Å². The van der Waals surface area contributed by atoms with Gasteiger partial charge in [0.25, 0.3) is 5.91 Å². The summed E-state index contributed by atoms with van der Waals surface area (Å²) in [5.74, 6) is -3.09. The Labute approximate surface area is 222 Å². The van der Waals surface area contributed by atoms with Crippen molar-refractivity contribution in [3.8, 4) is 0 Å². The predicted molar refractivity (Wildman–Crippen MR) is 140 cm³/mol. The smallest absolute Gasteiger partial charge is 0.312 e. The summed E-state index contributed by atoms with van der Waals surface area (Å²) in [5.41, 5.74) is -0.719. The summed E-state index contributed by atoms with van der Waals surface area (Å²) in [4.78, 5) is 44.7. The monoisotopic (exact) mass is 530 g/mol. The Morgan fingerprint density at radius 2 is 2.05 bits per heavy atom. The Bertz CT molecular complexity index is 1080. The molecule has 3 aliphatic rings. The van der Waals surface area contributed by atoms with E-state index in [1.54, 1.807) is 36.4 Å². The molecule has 6 atom stereocenters. The number of para-hydroxylation sites is 1. The lowest BCUT2D eigenvalue weighted by atomic mass is 9.70. The number of halogens is 1. The Balaban J connectivity index is 1.80. The van der Waals surface area contributed by atoms with E-state index in [0.29, 0.717) is 30.0 Å². The second-order valence-electron chi connectivity index (χ2n) is 10.2. The molecule has 4 rings (SSSR count). The lowest BCUT2D eigenvalue weighted by Crippen LogP contribution is -2.59. The zero-order valence-corrected chi connectivity index (χ0v) is 22.1. The van der Waals surface area contributed by atoms with Crippen LogP contribution in [0.5, 0.6) is 0 Å². The fraction of sp³-hybridized carbons (Fsp3) is 0.536. The van der Waals surface area contributed by atoms with E-state index in [2.05, 4.69) is 13.2 Å². The number of esters is 1. The van der Waals surface area contributed by atoms with E-state index in [4.69, 9.17) is 21.1 Å². The van der Waals surface area contributed by atoms with Gasteiger partial charge in [-0.15, -0.1) is 13.2 Å². The third-order valence-corrected chi connectivity index (χ3v) is 8.16. The number of hydrogen-bond donors (Lipinski definition) is 1. The van der Waals surface area contributed by atoms with Gasteiger partial charge in [-0.2, -0.15) is 0 Å². The third-order valence-electron chi connectivity index (χ3n) is 7.85. The molecule has 8 nitrogen and oxygen atoms in total. The summed E-state index contributed by atoms with van der Waals surface area (Å²) < 4.78 is 11.9. The molecule has 200 valence electrons. The summed E-state index contributed by atoms with van der Waals surface area (Å²) in [6, 6.07) is 5.29. The number of rotatable bonds is 11. The number of hydrogen-bond acceptors (Lipinski definition) is 6. The van der Waals surface area contributed by atoms with E-state index in [1.165, 1.54) is 9.80 Å². The highest BCUT2D eigenvalue weighted by atomic mass is 35.5. The summed E-state index contributed by atoms with van der Waals surface area (Å²) in [6.45, 7) is 11.2. The molecule has 9 heteroatoms. The van der Waals surface area contributed by atoms with Crippen molar-refractivity contribution in [1.29, 1.82) is 0 Å². The highest BCUT2D eigenvalue weighted by Gasteiger charge is 2.75. The molecule has 1 spiro atoms. The summed E-state index contributed by atoms with van der Waals surface area (Å²) >= 11 is 6.48. The Morgan fingerprint density at radius 1 is 1.32 bits per heavy atom. The van der Waals surface area contributed by atoms with Crippen molar-refractivity contribution >= 4 is 35.1 Å². The first kappa shape index (κ1) is 27.4. The number of anilines is 1. The maximum atomic E-state index is 14.4. The minimum Gasteiger partial charge on any atom is -0.465 e. The molecule has 0 radical (unpaired) electrons. The molecule has 2 bridgehead atoms. The molecule has 2 amide bonds. The van der Waals surface area contributed by atoms with Gasteiger partial charge in [0.1, 0.15) is 11.6 Å². The number of carbonyl (C=O) groups excluding carboxylic acids is 3. The fourth-order valence-corrected chi connectivity index (χ4v) is 6.45. The van der Waals surface area contributed by atoms with Gasteiger partial charge in [0.15, 0.2) is 0 Å². The quantitative estimate of drug-likeness (QED) is 0.268. The van der Waals surface area contributed by atoms with E-state index in [-0.39, 0.29) is 37.5 Å². The molecule has 2 unspecified atom stereocenters. The normalized spacial score (nSPS) is 28.8. The number of likely N-dealkylation sites (tertiary alicyclic amines) is 1. The van der Waals surface area contributed by atoms with Crippen LogP contribution >= 0.6 is 11.6 Å². The van der Waals surface area contributed by atoms with Crippen molar-refractivity contribution in [3.63, 3.8) is 0 Å². The van der Waals surface area contributed by atoms with E-state index in [0.717, 1.165) is 0 Å². The number of ether oxygens (including phenoxy) is 2. The van der Waals surface area contributed by atoms with Crippen LogP contribution in [0.15, 0.2) is 49.6 Å². The standard InChI is InChI=1S/C28H35ClN2O6/c1-5-7-15-36-27(35)22-21-12-13-28(37-21)23(22)25(33)31(20(16-32)17(3)4)24(28)26(34)30(14-6-2)19-11-9-8-10-18(19)29/h5-6,8-11,17,20-24,32H,1-2,7,12-16H2,3-4H3/t20-,21+,22-,23-,24?,28?/m0/s1. The van der Waals surface area contributed by atoms with Crippen LogP contribution in [0.1, 0.15) is 33.1 Å². The van der Waals surface area contributed by atoms with E-state index >= 15 is 0 Å². The lowest BCUT2D eigenvalue weighted by molar-refractivity contribution is -0.156. The molecule has 3 heterocycles. The fourth-order valence-electron chi connectivity index (χ4n) is 6.21. The third kappa shape index (κ3) is 4.49. The number of aliphatic hydroxyl groups excluding tert-OH is 1. The average Bonchev–Trinajstić information content (AvgIpc) is 3.51. The molecule has 1 aromatic carbocycles. The first-order valence-electron chi connectivity index (χ1n) is 12.8. The van der Waals surface area contributed by atoms with Crippen molar-refractivity contribution in [2.75, 3.05) is 24.7 Å². The zero-order valence-electron chi connectivity index (χ0n) is 21.3. The van der Waals surface area contributed by atoms with Crippen molar-refractivity contribution in [1.82, 2.24) is 4.90 Å². The Kier molecular flexibility index (Phi) is 8.11. The molecular formula is C28H35ClN2O6. The summed E-state index contributed by atoms with van der Waals surface area (Å²) in [6.07, 6.45) is 4.20. The minimum atomic E-state index is -1.20. The summed E-state index contributed by atoms with van der Waals surface area (Å²) in [5, 5.41) is 10.7. The first-order chi connectivity index (χ1) is 17.7. The Morgan fingerprint density at radius 3 is 2.68 bits per heavy atom. The van der Waals surface area contributed by atoms with Crippen LogP contribution in [0, 0.1) is 17.8 Å². The second kappa shape index (κ2) is 11.0. The van der Waals surface area contributed by atoms with Gasteiger partial charge in [0, 0.05) is 6.54 Å². The number of nitrogens with zero attached hydrogens (tertiary/aromatic N) is 2. The van der Waals surface area contributed by atoms with Crippen molar-refractivity contribution in [2.45, 2.75) is 56.9 Å². The first-order valence-corrected chi connectivity index (χ1v) is 13.2. The molecular weight excluding hydrogens is 496 g/mol. The van der Waals surface area contributed by atoms with Crippen LogP contribution < -0.4 is 4.90 Å². The van der Waals surface area contributed by atoms with Crippen molar-refractivity contribution in [2.24, 2.45) is 17.8 Å². The SMILES string of the molecule is C=CCCOC(=O)[C@@H]1[C@H]2C(=O)N([C@@H](CO)C(C)C)C(C(=O)N(CC=C)c3ccccc3Cl)C23CC[C@H]1O3. The van der Waals surface area contributed by atoms with Gasteiger partial charge in [-0.1, -0.05) is 49.7 Å². The van der Waals surface area contributed by atoms with Gasteiger partial charge in [-0.3, -0.25) is 14.4 Å². The molecule has 3 fully saturated rings. The minimum absolute atomic E-state index is 0.150. The van der Waals surface area contributed by atoms with Crippen molar-refractivity contribution in [3.05, 3.63) is 54.6 Å². The van der Waals surface area contributed by atoms with Crippen LogP contribution in [-0.2, 0) is 23.9 Å². The van der Waals surface area contributed by atoms with Gasteiger partial charge in [0.05, 0.1) is 47.9 Å². The lowest BCUT2D eigenvalue weighted by Gasteiger charge is -2.40. The molecule has 3 aliphatic heterocycles. The van der Waals surface area contributed by atoms with E-state index in [1.807, 2.05) is 13.8 Å². The maximum absolute atomic E-state index is 14.4. The molecule has 37 heavy (non-hydrogen) atoms. The molecule has 0 aliphatic carbocycles. The van der Waals surface area contributed by atoms with Gasteiger partial charge in [-0.05, 0) is 37.3 Å². The van der Waals surface area contributed by atoms with Crippen LogP contribution in [0.4, 0.5) is 5.69 Å². The maximum Gasteiger partial charge on any atom is 0.312 e. The zero-order chi connectivity index (χ0) is 26.9. The van der Waals surface area contributed by atoms with E-state index in [9.17, 15) is 19.5 Å². The van der Waals surface area contributed by atoms with Gasteiger partial charge in [0.2, 0.25) is 5.91 Å². The molecule has 3 saturated heterocycles. The average molecular weight is 531 g/mol. The van der Waals surface area contributed by atoms with Gasteiger partial charge < -0.3 is 24.4 Å². The number of fused-ring (bicyclic) bond motifs is 1. The molecule has 0 saturated carbocycles. The molecule has 1 aromatic rings. The highest BCUT2D eigenvalue weighted by Crippen LogP contribution is 2.59. The van der Waals surface area contributed by atoms with Crippen LogP contribution in [0.25, 0.3) is 0 Å². The molecule has 1 N–H and O–H groups in total. The number of amides is 2. The van der Waals surface area contributed by atoms with Crippen LogP contribution in [0.2, 0.25) is 5.02 Å². The second-order valence-corrected chi connectivity index (χ2v) is 10.6. The Hall–Kier alpha value is -2.68. The van der Waals surface area contributed by atoms with Crippen LogP contribution in [0.3, 0.4) is 0 Å². The predicted octanol–water partition coefficient (Wildman–Crippen LogP) is 3.37. The number of aliphatic hydroxyl groups is 1. The number of benzene rings is 1. The van der Waals surface area contributed by atoms with E-state index < -0.39 is 41.6 Å². The molecule has 0 aromatic heterocycles. The largest absolute Gasteiger partial charge is 0.465 e. The summed E-state index contributed by atoms with van der Waals surface area (Å²) in [7, 11) is 0. The highest BCUT2D eigenvalue weighted by molar-refractivity contribution is 6.34. The van der Waals surface area contributed by atoms with Gasteiger partial charge >= 0.3 is 5.97 Å².